The van der Waals surface area contributed by atoms with Gasteiger partial charge in [0.05, 0.1) is 5.54 Å². The van der Waals surface area contributed by atoms with Crippen LogP contribution in [0.15, 0.2) is 12.1 Å². The summed E-state index contributed by atoms with van der Waals surface area (Å²) in [6.45, 7) is 0. The zero-order valence-electron chi connectivity index (χ0n) is 8.10. The van der Waals surface area contributed by atoms with Gasteiger partial charge in [-0.05, 0) is 25.0 Å². The first-order chi connectivity index (χ1) is 6.92. The highest BCUT2D eigenvalue weighted by Gasteiger charge is 2.37. The lowest BCUT2D eigenvalue weighted by Gasteiger charge is -2.21. The van der Waals surface area contributed by atoms with E-state index < -0.39 is 16.6 Å². The van der Waals surface area contributed by atoms with Crippen molar-refractivity contribution in [2.45, 2.75) is 37.4 Å². The zero-order chi connectivity index (χ0) is 11.1. The van der Waals surface area contributed by atoms with Crippen LogP contribution in [-0.4, -0.2) is 0 Å². The third-order valence-electron chi connectivity index (χ3n) is 2.87. The molecule has 0 saturated heterocycles. The maximum absolute atomic E-state index is 12.4. The number of hydrogen-bond donors (Lipinski definition) is 1. The summed E-state index contributed by atoms with van der Waals surface area (Å²) in [6.07, 6.45) is -0.626. The van der Waals surface area contributed by atoms with Crippen molar-refractivity contribution >= 4 is 11.3 Å². The van der Waals surface area contributed by atoms with Gasteiger partial charge in [-0.1, -0.05) is 12.8 Å². The first kappa shape index (κ1) is 11.0. The van der Waals surface area contributed by atoms with Crippen LogP contribution < -0.4 is 5.73 Å². The van der Waals surface area contributed by atoms with Crippen molar-refractivity contribution in [3.05, 3.63) is 21.9 Å². The molecule has 1 aromatic rings. The molecule has 0 radical (unpaired) electrons. The minimum atomic E-state index is -4.24. The van der Waals surface area contributed by atoms with Crippen molar-refractivity contribution in [1.29, 1.82) is 0 Å². The van der Waals surface area contributed by atoms with Crippen LogP contribution in [0, 0.1) is 0 Å². The first-order valence-electron chi connectivity index (χ1n) is 4.88. The minimum absolute atomic E-state index is 0.506. The van der Waals surface area contributed by atoms with E-state index in [1.807, 2.05) is 0 Å². The lowest BCUT2D eigenvalue weighted by Crippen LogP contribution is -2.31. The van der Waals surface area contributed by atoms with E-state index in [0.29, 0.717) is 4.88 Å². The van der Waals surface area contributed by atoms with E-state index >= 15 is 0 Å². The van der Waals surface area contributed by atoms with Gasteiger partial charge >= 0.3 is 6.18 Å². The van der Waals surface area contributed by atoms with E-state index in [4.69, 9.17) is 5.73 Å². The fourth-order valence-corrected chi connectivity index (χ4v) is 3.04. The molecule has 0 amide bonds. The molecular formula is C10H12F3NS. The second kappa shape index (κ2) is 3.49. The molecule has 0 atom stereocenters. The van der Waals surface area contributed by atoms with Crippen molar-refractivity contribution in [3.63, 3.8) is 0 Å². The Morgan fingerprint density at radius 1 is 1.20 bits per heavy atom. The zero-order valence-corrected chi connectivity index (χ0v) is 8.92. The van der Waals surface area contributed by atoms with Gasteiger partial charge in [-0.3, -0.25) is 0 Å². The molecule has 1 aliphatic rings. The summed E-state index contributed by atoms with van der Waals surface area (Å²) in [5, 5.41) is 0. The van der Waals surface area contributed by atoms with Crippen LogP contribution in [0.25, 0.3) is 0 Å². The number of thiophene rings is 1. The minimum Gasteiger partial charge on any atom is -0.321 e. The molecule has 1 nitrogen and oxygen atoms in total. The van der Waals surface area contributed by atoms with Gasteiger partial charge in [0.2, 0.25) is 0 Å². The molecule has 0 aliphatic heterocycles. The van der Waals surface area contributed by atoms with E-state index in [1.165, 1.54) is 6.07 Å². The molecule has 0 aromatic carbocycles. The Morgan fingerprint density at radius 3 is 2.27 bits per heavy atom. The fraction of sp³-hybridized carbons (Fsp3) is 0.600. The van der Waals surface area contributed by atoms with Gasteiger partial charge in [-0.15, -0.1) is 11.3 Å². The SMILES string of the molecule is NC1(c2ccc(C(F)(F)F)s2)CCCC1. The van der Waals surface area contributed by atoms with Crippen LogP contribution in [0.2, 0.25) is 0 Å². The topological polar surface area (TPSA) is 26.0 Å². The Morgan fingerprint density at radius 2 is 1.80 bits per heavy atom. The molecular weight excluding hydrogens is 223 g/mol. The summed E-state index contributed by atoms with van der Waals surface area (Å²) in [7, 11) is 0. The van der Waals surface area contributed by atoms with Gasteiger partial charge in [0, 0.05) is 4.88 Å². The van der Waals surface area contributed by atoms with Crippen LogP contribution in [-0.2, 0) is 11.7 Å². The Labute approximate surface area is 90.1 Å². The molecule has 1 fully saturated rings. The maximum atomic E-state index is 12.4. The van der Waals surface area contributed by atoms with Crippen molar-refractivity contribution in [2.24, 2.45) is 5.73 Å². The standard InChI is InChI=1S/C10H12F3NS/c11-10(12,13)8-4-3-7(15-8)9(14)5-1-2-6-9/h3-4H,1-2,5-6,14H2. The quantitative estimate of drug-likeness (QED) is 0.792. The van der Waals surface area contributed by atoms with Crippen LogP contribution in [0.5, 0.6) is 0 Å². The number of nitrogens with two attached hydrogens (primary N) is 1. The second-order valence-electron chi connectivity index (χ2n) is 4.02. The van der Waals surface area contributed by atoms with Crippen LogP contribution >= 0.6 is 11.3 Å². The lowest BCUT2D eigenvalue weighted by atomic mass is 9.97. The molecule has 1 aromatic heterocycles. The number of halogens is 3. The molecule has 0 spiro atoms. The molecule has 2 rings (SSSR count). The molecule has 0 unspecified atom stereocenters. The van der Waals surface area contributed by atoms with Crippen molar-refractivity contribution in [1.82, 2.24) is 0 Å². The summed E-state index contributed by atoms with van der Waals surface area (Å²) < 4.78 is 37.1. The van der Waals surface area contributed by atoms with Crippen molar-refractivity contribution in [2.75, 3.05) is 0 Å². The predicted octanol–water partition coefficient (Wildman–Crippen LogP) is 3.49. The number of hydrogen-bond acceptors (Lipinski definition) is 2. The smallest absolute Gasteiger partial charge is 0.321 e. The summed E-state index contributed by atoms with van der Waals surface area (Å²) in [6, 6.07) is 2.66. The molecule has 2 N–H and O–H groups in total. The monoisotopic (exact) mass is 235 g/mol. The largest absolute Gasteiger partial charge is 0.425 e. The molecule has 15 heavy (non-hydrogen) atoms. The summed E-state index contributed by atoms with van der Waals surface area (Å²) in [4.78, 5) is 0.126. The third kappa shape index (κ3) is 2.03. The Bertz CT molecular complexity index is 350. The molecule has 1 saturated carbocycles. The average Bonchev–Trinajstić information content (AvgIpc) is 2.69. The molecule has 1 aliphatic carbocycles. The van der Waals surface area contributed by atoms with E-state index in [-0.39, 0.29) is 0 Å². The van der Waals surface area contributed by atoms with Crippen LogP contribution in [0.3, 0.4) is 0 Å². The Balaban J connectivity index is 2.27. The Kier molecular flexibility index (Phi) is 2.55. The third-order valence-corrected chi connectivity index (χ3v) is 4.22. The number of alkyl halides is 3. The highest BCUT2D eigenvalue weighted by atomic mass is 32.1. The average molecular weight is 235 g/mol. The van der Waals surface area contributed by atoms with Gasteiger partial charge in [0.15, 0.2) is 0 Å². The van der Waals surface area contributed by atoms with Gasteiger partial charge in [0.1, 0.15) is 4.88 Å². The van der Waals surface area contributed by atoms with E-state index in [1.54, 1.807) is 0 Å². The second-order valence-corrected chi connectivity index (χ2v) is 5.11. The van der Waals surface area contributed by atoms with E-state index in [9.17, 15) is 13.2 Å². The summed E-state index contributed by atoms with van der Waals surface area (Å²) in [5.41, 5.74) is 5.57. The molecule has 5 heteroatoms. The number of rotatable bonds is 1. The fourth-order valence-electron chi connectivity index (χ4n) is 2.01. The first-order valence-corrected chi connectivity index (χ1v) is 5.70. The van der Waals surface area contributed by atoms with Crippen LogP contribution in [0.4, 0.5) is 13.2 Å². The Hall–Kier alpha value is -0.550. The van der Waals surface area contributed by atoms with E-state index in [0.717, 1.165) is 43.1 Å². The maximum Gasteiger partial charge on any atom is 0.425 e. The van der Waals surface area contributed by atoms with Crippen molar-refractivity contribution < 1.29 is 13.2 Å². The van der Waals surface area contributed by atoms with Gasteiger partial charge in [-0.2, -0.15) is 13.2 Å². The molecule has 84 valence electrons. The van der Waals surface area contributed by atoms with Gasteiger partial charge < -0.3 is 5.73 Å². The normalized spacial score (nSPS) is 20.8. The predicted molar refractivity (Wildman–Crippen MR) is 53.7 cm³/mol. The molecule has 1 heterocycles. The van der Waals surface area contributed by atoms with Crippen LogP contribution in [0.1, 0.15) is 35.4 Å². The highest BCUT2D eigenvalue weighted by molar-refractivity contribution is 7.12. The summed E-state index contributed by atoms with van der Waals surface area (Å²) >= 11 is 0.786. The van der Waals surface area contributed by atoms with E-state index in [2.05, 4.69) is 0 Å². The van der Waals surface area contributed by atoms with Crippen molar-refractivity contribution in [3.8, 4) is 0 Å². The van der Waals surface area contributed by atoms with Gasteiger partial charge in [-0.25, -0.2) is 0 Å². The van der Waals surface area contributed by atoms with Gasteiger partial charge in [0.25, 0.3) is 0 Å². The highest BCUT2D eigenvalue weighted by Crippen LogP contribution is 2.43. The lowest BCUT2D eigenvalue weighted by molar-refractivity contribution is -0.134. The summed E-state index contributed by atoms with van der Waals surface area (Å²) in [5.74, 6) is 0. The molecule has 0 bridgehead atoms.